The minimum Gasteiger partial charge on any atom is -0.337 e. The second-order valence-corrected chi connectivity index (χ2v) is 7.46. The largest absolute Gasteiger partial charge is 0.337 e. The van der Waals surface area contributed by atoms with E-state index in [0.717, 1.165) is 25.3 Å². The predicted molar refractivity (Wildman–Crippen MR) is 103 cm³/mol. The highest BCUT2D eigenvalue weighted by Gasteiger charge is 2.23. The predicted octanol–water partition coefficient (Wildman–Crippen LogP) is 3.91. The van der Waals surface area contributed by atoms with Gasteiger partial charge in [-0.2, -0.15) is 11.8 Å². The van der Waals surface area contributed by atoms with Gasteiger partial charge in [0, 0.05) is 40.9 Å². The molecule has 5 heteroatoms. The van der Waals surface area contributed by atoms with Crippen LogP contribution in [-0.4, -0.2) is 40.8 Å². The third-order valence-electron chi connectivity index (χ3n) is 4.31. The number of amides is 2. The summed E-state index contributed by atoms with van der Waals surface area (Å²) >= 11 is 1.95. The molecule has 0 aliphatic carbocycles. The van der Waals surface area contributed by atoms with Crippen molar-refractivity contribution in [3.05, 3.63) is 65.7 Å². The molecule has 1 aliphatic heterocycles. The lowest BCUT2D eigenvalue weighted by molar-refractivity contribution is 0.0761. The molecule has 1 saturated heterocycles. The average molecular weight is 354 g/mol. The number of nitrogens with zero attached hydrogens (tertiary/aromatic N) is 1. The van der Waals surface area contributed by atoms with Crippen molar-refractivity contribution in [1.29, 1.82) is 0 Å². The molecule has 0 aromatic heterocycles. The molecule has 3 rings (SSSR count). The number of nitrogens with one attached hydrogen (secondary N) is 1. The summed E-state index contributed by atoms with van der Waals surface area (Å²) in [7, 11) is 0. The Morgan fingerprint density at radius 3 is 2.48 bits per heavy atom. The number of benzene rings is 2. The number of rotatable bonds is 4. The van der Waals surface area contributed by atoms with E-state index in [1.165, 1.54) is 0 Å². The van der Waals surface area contributed by atoms with E-state index in [4.69, 9.17) is 0 Å². The van der Waals surface area contributed by atoms with Crippen LogP contribution in [0.5, 0.6) is 0 Å². The zero-order valence-corrected chi connectivity index (χ0v) is 15.1. The van der Waals surface area contributed by atoms with E-state index >= 15 is 0 Å². The van der Waals surface area contributed by atoms with Gasteiger partial charge in [-0.15, -0.1) is 0 Å². The maximum Gasteiger partial charge on any atom is 0.255 e. The molecule has 130 valence electrons. The van der Waals surface area contributed by atoms with Crippen molar-refractivity contribution in [2.45, 2.75) is 18.6 Å². The topological polar surface area (TPSA) is 49.4 Å². The zero-order valence-electron chi connectivity index (χ0n) is 14.3. The normalized spacial score (nSPS) is 17.2. The standard InChI is InChI=1S/C20H22N2O2S/c1-2-18-14-22(12-13-25-18)20(24)16-8-10-17(11-9-16)21-19(23)15-6-4-3-5-7-15/h3-11,18H,2,12-14H2,1H3,(H,21,23). The molecule has 0 bridgehead atoms. The van der Waals surface area contributed by atoms with Crippen molar-refractivity contribution < 1.29 is 9.59 Å². The van der Waals surface area contributed by atoms with Crippen LogP contribution in [0.4, 0.5) is 5.69 Å². The molecule has 0 radical (unpaired) electrons. The summed E-state index contributed by atoms with van der Waals surface area (Å²) in [5.74, 6) is 0.911. The van der Waals surface area contributed by atoms with Gasteiger partial charge in [-0.25, -0.2) is 0 Å². The van der Waals surface area contributed by atoms with Crippen molar-refractivity contribution in [1.82, 2.24) is 4.90 Å². The minimum atomic E-state index is -0.154. The van der Waals surface area contributed by atoms with Crippen LogP contribution >= 0.6 is 11.8 Å². The molecule has 1 atom stereocenters. The monoisotopic (exact) mass is 354 g/mol. The van der Waals surface area contributed by atoms with Crippen LogP contribution in [0.1, 0.15) is 34.1 Å². The maximum atomic E-state index is 12.6. The van der Waals surface area contributed by atoms with Gasteiger partial charge in [0.05, 0.1) is 0 Å². The third kappa shape index (κ3) is 4.42. The van der Waals surface area contributed by atoms with E-state index in [-0.39, 0.29) is 11.8 Å². The molecule has 2 aromatic rings. The number of thioether (sulfide) groups is 1. The van der Waals surface area contributed by atoms with Crippen LogP contribution in [-0.2, 0) is 0 Å². The van der Waals surface area contributed by atoms with Gasteiger partial charge in [0.25, 0.3) is 11.8 Å². The van der Waals surface area contributed by atoms with Gasteiger partial charge in [0.2, 0.25) is 0 Å². The van der Waals surface area contributed by atoms with Crippen LogP contribution < -0.4 is 5.32 Å². The summed E-state index contributed by atoms with van der Waals surface area (Å²) in [5, 5.41) is 3.38. The van der Waals surface area contributed by atoms with E-state index in [1.54, 1.807) is 36.4 Å². The zero-order chi connectivity index (χ0) is 17.6. The van der Waals surface area contributed by atoms with Gasteiger partial charge >= 0.3 is 0 Å². The summed E-state index contributed by atoms with van der Waals surface area (Å²) in [6.45, 7) is 3.77. The summed E-state index contributed by atoms with van der Waals surface area (Å²) in [4.78, 5) is 26.7. The van der Waals surface area contributed by atoms with Crippen LogP contribution in [0, 0.1) is 0 Å². The first-order valence-corrected chi connectivity index (χ1v) is 9.59. The fourth-order valence-electron chi connectivity index (χ4n) is 2.82. The smallest absolute Gasteiger partial charge is 0.255 e. The van der Waals surface area contributed by atoms with Gasteiger partial charge < -0.3 is 10.2 Å². The van der Waals surface area contributed by atoms with Gasteiger partial charge in [0.1, 0.15) is 0 Å². The third-order valence-corrected chi connectivity index (χ3v) is 5.68. The van der Waals surface area contributed by atoms with Crippen LogP contribution in [0.25, 0.3) is 0 Å². The summed E-state index contributed by atoms with van der Waals surface area (Å²) < 4.78 is 0. The number of anilines is 1. The molecule has 1 unspecified atom stereocenters. The summed E-state index contributed by atoms with van der Waals surface area (Å²) in [6.07, 6.45) is 1.08. The van der Waals surface area contributed by atoms with Gasteiger partial charge in [-0.05, 0) is 42.8 Å². The molecular weight excluding hydrogens is 332 g/mol. The number of hydrogen-bond donors (Lipinski definition) is 1. The lowest BCUT2D eigenvalue weighted by Gasteiger charge is -2.32. The Labute approximate surface area is 152 Å². The molecule has 1 fully saturated rings. The van der Waals surface area contributed by atoms with Crippen molar-refractivity contribution in [3.8, 4) is 0 Å². The first-order chi connectivity index (χ1) is 12.2. The first kappa shape index (κ1) is 17.5. The van der Waals surface area contributed by atoms with E-state index < -0.39 is 0 Å². The van der Waals surface area contributed by atoms with Gasteiger partial charge in [-0.1, -0.05) is 25.1 Å². The Morgan fingerprint density at radius 2 is 1.80 bits per heavy atom. The van der Waals surface area contributed by atoms with Crippen molar-refractivity contribution in [3.63, 3.8) is 0 Å². The van der Waals surface area contributed by atoms with Crippen LogP contribution in [0.15, 0.2) is 54.6 Å². The Morgan fingerprint density at radius 1 is 1.08 bits per heavy atom. The van der Waals surface area contributed by atoms with E-state index in [0.29, 0.717) is 22.1 Å². The average Bonchev–Trinajstić information content (AvgIpc) is 2.68. The fourth-order valence-corrected chi connectivity index (χ4v) is 4.00. The van der Waals surface area contributed by atoms with Crippen LogP contribution in [0.2, 0.25) is 0 Å². The van der Waals surface area contributed by atoms with Crippen LogP contribution in [0.3, 0.4) is 0 Å². The molecule has 0 saturated carbocycles. The molecule has 2 aromatic carbocycles. The SMILES string of the molecule is CCC1CN(C(=O)c2ccc(NC(=O)c3ccccc3)cc2)CCS1. The van der Waals surface area contributed by atoms with E-state index in [1.807, 2.05) is 34.9 Å². The quantitative estimate of drug-likeness (QED) is 0.906. The highest BCUT2D eigenvalue weighted by Crippen LogP contribution is 2.23. The van der Waals surface area contributed by atoms with Gasteiger partial charge in [0.15, 0.2) is 0 Å². The second kappa shape index (κ2) is 8.21. The lowest BCUT2D eigenvalue weighted by atomic mass is 10.1. The summed E-state index contributed by atoms with van der Waals surface area (Å²) in [6, 6.07) is 16.2. The molecule has 0 spiro atoms. The number of carbonyl (C=O) groups is 2. The second-order valence-electron chi connectivity index (χ2n) is 6.05. The minimum absolute atomic E-state index is 0.0692. The maximum absolute atomic E-state index is 12.6. The molecule has 1 aliphatic rings. The van der Waals surface area contributed by atoms with Gasteiger partial charge in [-0.3, -0.25) is 9.59 Å². The highest BCUT2D eigenvalue weighted by atomic mass is 32.2. The Bertz CT molecular complexity index is 731. The number of hydrogen-bond acceptors (Lipinski definition) is 3. The van der Waals surface area contributed by atoms with Crippen molar-refractivity contribution in [2.24, 2.45) is 0 Å². The fraction of sp³-hybridized carbons (Fsp3) is 0.300. The van der Waals surface area contributed by atoms with Crippen molar-refractivity contribution in [2.75, 3.05) is 24.2 Å². The highest BCUT2D eigenvalue weighted by molar-refractivity contribution is 8.00. The summed E-state index contributed by atoms with van der Waals surface area (Å²) in [5.41, 5.74) is 1.96. The number of carbonyl (C=O) groups excluding carboxylic acids is 2. The first-order valence-electron chi connectivity index (χ1n) is 8.54. The molecule has 1 N–H and O–H groups in total. The molecule has 25 heavy (non-hydrogen) atoms. The Kier molecular flexibility index (Phi) is 5.76. The molecule has 2 amide bonds. The molecule has 1 heterocycles. The lowest BCUT2D eigenvalue weighted by Crippen LogP contribution is -2.41. The Balaban J connectivity index is 1.64. The molecule has 4 nitrogen and oxygen atoms in total. The van der Waals surface area contributed by atoms with E-state index in [2.05, 4.69) is 12.2 Å². The molecular formula is C20H22N2O2S. The van der Waals surface area contributed by atoms with E-state index in [9.17, 15) is 9.59 Å². The Hall–Kier alpha value is -2.27. The van der Waals surface area contributed by atoms with Crippen molar-refractivity contribution >= 4 is 29.3 Å².